The van der Waals surface area contributed by atoms with E-state index in [1.54, 1.807) is 12.4 Å². The summed E-state index contributed by atoms with van der Waals surface area (Å²) in [7, 11) is 0. The molecule has 6 heteroatoms. The second-order valence-electron chi connectivity index (χ2n) is 3.69. The van der Waals surface area contributed by atoms with E-state index in [1.807, 2.05) is 19.1 Å². The van der Waals surface area contributed by atoms with Gasteiger partial charge in [-0.3, -0.25) is 4.98 Å². The van der Waals surface area contributed by atoms with Gasteiger partial charge < -0.3 is 15.8 Å². The highest BCUT2D eigenvalue weighted by Crippen LogP contribution is 2.34. The van der Waals surface area contributed by atoms with Crippen LogP contribution >= 0.6 is 11.5 Å². The molecule has 0 bridgehead atoms. The summed E-state index contributed by atoms with van der Waals surface area (Å²) in [5.41, 5.74) is 6.98. The molecule has 2 aromatic heterocycles. The Kier molecular flexibility index (Phi) is 4.35. The van der Waals surface area contributed by atoms with Gasteiger partial charge in [0.1, 0.15) is 0 Å². The number of ether oxygens (including phenoxy) is 1. The van der Waals surface area contributed by atoms with Gasteiger partial charge in [-0.15, -0.1) is 0 Å². The van der Waals surface area contributed by atoms with Crippen LogP contribution in [0.2, 0.25) is 0 Å². The van der Waals surface area contributed by atoms with E-state index in [1.165, 1.54) is 17.1 Å². The minimum atomic E-state index is 0.452. The molecule has 18 heavy (non-hydrogen) atoms. The lowest BCUT2D eigenvalue weighted by Gasteiger charge is -2.07. The summed E-state index contributed by atoms with van der Waals surface area (Å²) in [6, 6.07) is 4.01. The summed E-state index contributed by atoms with van der Waals surface area (Å²) >= 11 is 1.33. The first-order valence-corrected chi connectivity index (χ1v) is 6.59. The molecule has 0 aliphatic carbocycles. The highest BCUT2D eigenvalue weighted by Gasteiger charge is 2.11. The Morgan fingerprint density at radius 3 is 2.89 bits per heavy atom. The van der Waals surface area contributed by atoms with Crippen LogP contribution in [0.25, 0.3) is 0 Å². The normalized spacial score (nSPS) is 10.3. The standard InChI is InChI=1S/C12H16N4OS/c1-2-17-10-11(13)16-18-12(10)15-8-5-9-3-6-14-7-4-9/h3-4,6-7,15H,2,5,8H2,1H3,(H2,13,16). The molecule has 0 radical (unpaired) electrons. The first-order valence-electron chi connectivity index (χ1n) is 5.82. The third kappa shape index (κ3) is 3.10. The molecule has 3 N–H and O–H groups in total. The summed E-state index contributed by atoms with van der Waals surface area (Å²) in [6.07, 6.45) is 4.52. The maximum Gasteiger partial charge on any atom is 0.197 e. The molecule has 0 aromatic carbocycles. The summed E-state index contributed by atoms with van der Waals surface area (Å²) < 4.78 is 9.54. The number of nitrogens with one attached hydrogen (secondary N) is 1. The van der Waals surface area contributed by atoms with Gasteiger partial charge in [-0.2, -0.15) is 4.37 Å². The second kappa shape index (κ2) is 6.20. The first kappa shape index (κ1) is 12.6. The van der Waals surface area contributed by atoms with E-state index < -0.39 is 0 Å². The quantitative estimate of drug-likeness (QED) is 0.836. The summed E-state index contributed by atoms with van der Waals surface area (Å²) in [6.45, 7) is 3.32. The van der Waals surface area contributed by atoms with Crippen LogP contribution in [0.4, 0.5) is 10.8 Å². The predicted molar refractivity (Wildman–Crippen MR) is 74.1 cm³/mol. The van der Waals surface area contributed by atoms with Gasteiger partial charge in [-0.25, -0.2) is 0 Å². The van der Waals surface area contributed by atoms with E-state index in [4.69, 9.17) is 10.5 Å². The molecule has 2 aromatic rings. The van der Waals surface area contributed by atoms with Crippen LogP contribution in [-0.2, 0) is 6.42 Å². The Morgan fingerprint density at radius 2 is 2.17 bits per heavy atom. The molecule has 0 saturated heterocycles. The van der Waals surface area contributed by atoms with Crippen molar-refractivity contribution in [3.8, 4) is 5.75 Å². The maximum absolute atomic E-state index is 5.74. The highest BCUT2D eigenvalue weighted by atomic mass is 32.1. The smallest absolute Gasteiger partial charge is 0.197 e. The molecular weight excluding hydrogens is 248 g/mol. The number of hydrogen-bond acceptors (Lipinski definition) is 6. The van der Waals surface area contributed by atoms with Crippen molar-refractivity contribution in [1.29, 1.82) is 0 Å². The van der Waals surface area contributed by atoms with E-state index in [-0.39, 0.29) is 0 Å². The fourth-order valence-corrected chi connectivity index (χ4v) is 2.25. The zero-order valence-electron chi connectivity index (χ0n) is 10.2. The second-order valence-corrected chi connectivity index (χ2v) is 4.46. The number of nitrogens with two attached hydrogens (primary N) is 1. The van der Waals surface area contributed by atoms with Crippen LogP contribution in [-0.4, -0.2) is 22.5 Å². The molecule has 0 unspecified atom stereocenters. The number of rotatable bonds is 6. The van der Waals surface area contributed by atoms with Crippen LogP contribution in [0.5, 0.6) is 5.75 Å². The van der Waals surface area contributed by atoms with Crippen LogP contribution in [0, 0.1) is 0 Å². The SMILES string of the molecule is CCOc1c(N)nsc1NCCc1ccncc1. The van der Waals surface area contributed by atoms with Crippen LogP contribution in [0.15, 0.2) is 24.5 Å². The zero-order valence-corrected chi connectivity index (χ0v) is 11.0. The van der Waals surface area contributed by atoms with Crippen LogP contribution in [0.1, 0.15) is 12.5 Å². The largest absolute Gasteiger partial charge is 0.487 e. The molecule has 5 nitrogen and oxygen atoms in total. The average Bonchev–Trinajstić information content (AvgIpc) is 2.73. The number of pyridine rings is 1. The summed E-state index contributed by atoms with van der Waals surface area (Å²) in [4.78, 5) is 3.99. The number of nitrogens with zero attached hydrogens (tertiary/aromatic N) is 2. The Morgan fingerprint density at radius 1 is 1.39 bits per heavy atom. The van der Waals surface area contributed by atoms with Crippen molar-refractivity contribution in [3.63, 3.8) is 0 Å². The molecule has 0 saturated carbocycles. The van der Waals surface area contributed by atoms with Gasteiger partial charge in [0.05, 0.1) is 6.61 Å². The van der Waals surface area contributed by atoms with Gasteiger partial charge in [-0.1, -0.05) is 0 Å². The fraction of sp³-hybridized carbons (Fsp3) is 0.333. The average molecular weight is 264 g/mol. The number of anilines is 2. The van der Waals surface area contributed by atoms with E-state index in [0.717, 1.165) is 18.0 Å². The van der Waals surface area contributed by atoms with Gasteiger partial charge in [-0.05, 0) is 42.6 Å². The molecule has 0 atom stereocenters. The van der Waals surface area contributed by atoms with Gasteiger partial charge in [0, 0.05) is 18.9 Å². The van der Waals surface area contributed by atoms with Gasteiger partial charge in [0.25, 0.3) is 0 Å². The van der Waals surface area contributed by atoms with E-state index in [9.17, 15) is 0 Å². The summed E-state index contributed by atoms with van der Waals surface area (Å²) in [5.74, 6) is 1.12. The molecule has 0 spiro atoms. The Bertz CT molecular complexity index is 486. The van der Waals surface area contributed by atoms with E-state index in [0.29, 0.717) is 18.2 Å². The van der Waals surface area contributed by atoms with E-state index in [2.05, 4.69) is 14.7 Å². The molecule has 2 heterocycles. The monoisotopic (exact) mass is 264 g/mol. The van der Waals surface area contributed by atoms with Crippen LogP contribution in [0.3, 0.4) is 0 Å². The van der Waals surface area contributed by atoms with Crippen molar-refractivity contribution in [2.45, 2.75) is 13.3 Å². The summed E-state index contributed by atoms with van der Waals surface area (Å²) in [5, 5.41) is 4.19. The zero-order chi connectivity index (χ0) is 12.8. The van der Waals surface area contributed by atoms with Gasteiger partial charge in [0.15, 0.2) is 16.6 Å². The predicted octanol–water partition coefficient (Wildman–Crippen LogP) is 2.17. The third-order valence-corrected chi connectivity index (χ3v) is 3.21. The lowest BCUT2D eigenvalue weighted by atomic mass is 10.2. The van der Waals surface area contributed by atoms with Crippen molar-refractivity contribution in [2.75, 3.05) is 24.2 Å². The Hall–Kier alpha value is -1.82. The van der Waals surface area contributed by atoms with Crippen LogP contribution < -0.4 is 15.8 Å². The number of aromatic nitrogens is 2. The molecule has 96 valence electrons. The van der Waals surface area contributed by atoms with Crippen molar-refractivity contribution in [1.82, 2.24) is 9.36 Å². The topological polar surface area (TPSA) is 73.1 Å². The molecule has 0 aliphatic rings. The molecule has 0 amide bonds. The third-order valence-electron chi connectivity index (χ3n) is 2.41. The minimum Gasteiger partial charge on any atom is -0.487 e. The van der Waals surface area contributed by atoms with E-state index >= 15 is 0 Å². The van der Waals surface area contributed by atoms with Crippen molar-refractivity contribution < 1.29 is 4.74 Å². The molecule has 0 aliphatic heterocycles. The number of hydrogen-bond donors (Lipinski definition) is 2. The Balaban J connectivity index is 1.90. The molecule has 2 rings (SSSR count). The molecular formula is C12H16N4OS. The van der Waals surface area contributed by atoms with Crippen molar-refractivity contribution in [2.24, 2.45) is 0 Å². The van der Waals surface area contributed by atoms with Crippen molar-refractivity contribution in [3.05, 3.63) is 30.1 Å². The lowest BCUT2D eigenvalue weighted by Crippen LogP contribution is -2.05. The lowest BCUT2D eigenvalue weighted by molar-refractivity contribution is 0.344. The minimum absolute atomic E-state index is 0.452. The molecule has 0 fully saturated rings. The van der Waals surface area contributed by atoms with Gasteiger partial charge >= 0.3 is 0 Å². The van der Waals surface area contributed by atoms with Gasteiger partial charge in [0.2, 0.25) is 0 Å². The maximum atomic E-state index is 5.74. The first-order chi connectivity index (χ1) is 8.81. The fourth-order valence-electron chi connectivity index (χ4n) is 1.56. The van der Waals surface area contributed by atoms with Crippen molar-refractivity contribution >= 4 is 22.4 Å². The highest BCUT2D eigenvalue weighted by molar-refractivity contribution is 7.11. The Labute approximate surface area is 110 Å². The number of nitrogen functional groups attached to an aromatic ring is 1.